The lowest BCUT2D eigenvalue weighted by molar-refractivity contribution is -0.119. The number of guanidine groups is 1. The van der Waals surface area contributed by atoms with Gasteiger partial charge in [-0.1, -0.05) is 12.1 Å². The summed E-state index contributed by atoms with van der Waals surface area (Å²) in [4.78, 5) is 19.1. The summed E-state index contributed by atoms with van der Waals surface area (Å²) in [5.41, 5.74) is 6.34. The van der Waals surface area contributed by atoms with Gasteiger partial charge >= 0.3 is 0 Å². The molecular weight excluding hydrogens is 519 g/mol. The molecule has 0 saturated carbocycles. The number of hydrogen-bond acceptors (Lipinski definition) is 4. The Bertz CT molecular complexity index is 920. The zero-order valence-electron chi connectivity index (χ0n) is 17.2. The van der Waals surface area contributed by atoms with Crippen LogP contribution in [0.4, 0.5) is 14.5 Å². The molecule has 0 spiro atoms. The highest BCUT2D eigenvalue weighted by Gasteiger charge is 2.22. The summed E-state index contributed by atoms with van der Waals surface area (Å²) in [6, 6.07) is 10.9. The summed E-state index contributed by atoms with van der Waals surface area (Å²) in [7, 11) is 1.70. The first-order valence-electron chi connectivity index (χ1n) is 9.62. The fourth-order valence-corrected chi connectivity index (χ4v) is 3.30. The van der Waals surface area contributed by atoms with Crippen LogP contribution in [0, 0.1) is 11.6 Å². The minimum atomic E-state index is -0.531. The zero-order valence-corrected chi connectivity index (χ0v) is 19.5. The lowest BCUT2D eigenvalue weighted by Gasteiger charge is -2.37. The first-order valence-corrected chi connectivity index (χ1v) is 9.62. The summed E-state index contributed by atoms with van der Waals surface area (Å²) < 4.78 is 32.8. The van der Waals surface area contributed by atoms with Crippen molar-refractivity contribution in [1.29, 1.82) is 0 Å². The van der Waals surface area contributed by atoms with Crippen molar-refractivity contribution in [2.24, 2.45) is 10.7 Å². The van der Waals surface area contributed by atoms with Crippen LogP contribution in [0.2, 0.25) is 0 Å². The topological polar surface area (TPSA) is 83.2 Å². The molecule has 168 valence electrons. The van der Waals surface area contributed by atoms with Gasteiger partial charge in [0.2, 0.25) is 0 Å². The van der Waals surface area contributed by atoms with Crippen LogP contribution in [0.15, 0.2) is 47.5 Å². The molecule has 1 amide bonds. The molecule has 0 atom stereocenters. The minimum Gasteiger partial charge on any atom is -0.484 e. The van der Waals surface area contributed by atoms with E-state index < -0.39 is 17.5 Å². The van der Waals surface area contributed by atoms with Crippen molar-refractivity contribution in [3.8, 4) is 5.75 Å². The van der Waals surface area contributed by atoms with Crippen LogP contribution < -0.4 is 20.7 Å². The number of primary amides is 1. The summed E-state index contributed by atoms with van der Waals surface area (Å²) in [5, 5.41) is 3.30. The number of halogens is 3. The molecule has 0 radical (unpaired) electrons. The number of nitrogens with zero attached hydrogens (tertiary/aromatic N) is 3. The van der Waals surface area contributed by atoms with E-state index in [1.165, 1.54) is 6.07 Å². The Labute approximate surface area is 197 Å². The van der Waals surface area contributed by atoms with Crippen LogP contribution in [0.25, 0.3) is 0 Å². The average Bonchev–Trinajstić information content (AvgIpc) is 2.75. The van der Waals surface area contributed by atoms with E-state index in [9.17, 15) is 13.6 Å². The molecule has 1 saturated heterocycles. The third-order valence-electron chi connectivity index (χ3n) is 4.77. The number of carbonyl (C=O) groups is 1. The van der Waals surface area contributed by atoms with Crippen LogP contribution in [-0.4, -0.2) is 56.6 Å². The SMILES string of the molecule is CN=C(NCc1cccc(OCC(N)=O)c1)N1CCN(c2cc(F)ccc2F)CC1.I. The van der Waals surface area contributed by atoms with Crippen molar-refractivity contribution in [2.75, 3.05) is 44.7 Å². The van der Waals surface area contributed by atoms with E-state index in [0.29, 0.717) is 38.5 Å². The minimum absolute atomic E-state index is 0. The van der Waals surface area contributed by atoms with Gasteiger partial charge in [-0.15, -0.1) is 24.0 Å². The zero-order chi connectivity index (χ0) is 21.5. The van der Waals surface area contributed by atoms with E-state index in [0.717, 1.165) is 23.7 Å². The molecule has 0 bridgehead atoms. The van der Waals surface area contributed by atoms with Gasteiger partial charge in [0.15, 0.2) is 12.6 Å². The molecule has 10 heteroatoms. The molecule has 1 aliphatic heterocycles. The van der Waals surface area contributed by atoms with E-state index in [1.807, 2.05) is 23.1 Å². The molecule has 3 rings (SSSR count). The summed E-state index contributed by atoms with van der Waals surface area (Å²) in [6.07, 6.45) is 0. The monoisotopic (exact) mass is 545 g/mol. The van der Waals surface area contributed by atoms with E-state index in [1.54, 1.807) is 13.1 Å². The fourth-order valence-electron chi connectivity index (χ4n) is 3.30. The first-order chi connectivity index (χ1) is 14.5. The molecular formula is C21H26F2IN5O2. The molecule has 7 nitrogen and oxygen atoms in total. The lowest BCUT2D eigenvalue weighted by Crippen LogP contribution is -2.52. The number of nitrogens with one attached hydrogen (secondary N) is 1. The average molecular weight is 545 g/mol. The normalized spacial score (nSPS) is 14.1. The number of anilines is 1. The van der Waals surface area contributed by atoms with E-state index in [2.05, 4.69) is 15.2 Å². The highest BCUT2D eigenvalue weighted by Crippen LogP contribution is 2.22. The maximum absolute atomic E-state index is 14.0. The number of amides is 1. The van der Waals surface area contributed by atoms with Crippen molar-refractivity contribution in [3.63, 3.8) is 0 Å². The molecule has 2 aromatic rings. The Morgan fingerprint density at radius 1 is 1.16 bits per heavy atom. The molecule has 31 heavy (non-hydrogen) atoms. The summed E-state index contributed by atoms with van der Waals surface area (Å²) >= 11 is 0. The Morgan fingerprint density at radius 3 is 2.58 bits per heavy atom. The molecule has 1 aliphatic rings. The third kappa shape index (κ3) is 6.94. The standard InChI is InChI=1S/C21H25F2N5O2.HI/c1-25-21(26-13-15-3-2-4-17(11-15)30-14-20(24)29)28-9-7-27(8-10-28)19-12-16(22)5-6-18(19)23;/h2-6,11-12H,7-10,13-14H2,1H3,(H2,24,29)(H,25,26);1H. The quantitative estimate of drug-likeness (QED) is 0.331. The van der Waals surface area contributed by atoms with Crippen LogP contribution in [0.3, 0.4) is 0 Å². The number of ether oxygens (including phenoxy) is 1. The van der Waals surface area contributed by atoms with Gasteiger partial charge < -0.3 is 25.6 Å². The number of piperazine rings is 1. The largest absolute Gasteiger partial charge is 0.484 e. The summed E-state index contributed by atoms with van der Waals surface area (Å²) in [5.74, 6) is -0.123. The maximum Gasteiger partial charge on any atom is 0.255 e. The highest BCUT2D eigenvalue weighted by atomic mass is 127. The summed E-state index contributed by atoms with van der Waals surface area (Å²) in [6.45, 7) is 2.69. The van der Waals surface area contributed by atoms with E-state index in [-0.39, 0.29) is 36.3 Å². The Hall–Kier alpha value is -2.63. The second kappa shape index (κ2) is 11.7. The number of nitrogens with two attached hydrogens (primary N) is 1. The Balaban J connectivity index is 0.00000341. The van der Waals surface area contributed by atoms with Crippen LogP contribution in [0.5, 0.6) is 5.75 Å². The van der Waals surface area contributed by atoms with Crippen molar-refractivity contribution >= 4 is 41.5 Å². The van der Waals surface area contributed by atoms with Gasteiger partial charge in [-0.2, -0.15) is 0 Å². The van der Waals surface area contributed by atoms with Crippen LogP contribution >= 0.6 is 24.0 Å². The Morgan fingerprint density at radius 2 is 1.90 bits per heavy atom. The number of carbonyl (C=O) groups excluding carboxylic acids is 1. The molecule has 1 heterocycles. The van der Waals surface area contributed by atoms with E-state index in [4.69, 9.17) is 10.5 Å². The lowest BCUT2D eigenvalue weighted by atomic mass is 10.2. The third-order valence-corrected chi connectivity index (χ3v) is 4.77. The molecule has 1 fully saturated rings. The maximum atomic E-state index is 14.0. The van der Waals surface area contributed by atoms with Gasteiger partial charge in [-0.3, -0.25) is 9.79 Å². The number of hydrogen-bond donors (Lipinski definition) is 2. The van der Waals surface area contributed by atoms with Gasteiger partial charge in [-0.05, 0) is 29.8 Å². The smallest absolute Gasteiger partial charge is 0.255 e. The van der Waals surface area contributed by atoms with Gasteiger partial charge in [0.25, 0.3) is 5.91 Å². The predicted molar refractivity (Wildman–Crippen MR) is 127 cm³/mol. The molecule has 0 aromatic heterocycles. The second-order valence-corrected chi connectivity index (χ2v) is 6.87. The van der Waals surface area contributed by atoms with Gasteiger partial charge in [-0.25, -0.2) is 8.78 Å². The number of benzene rings is 2. The van der Waals surface area contributed by atoms with Gasteiger partial charge in [0.05, 0.1) is 5.69 Å². The van der Waals surface area contributed by atoms with Crippen molar-refractivity contribution in [2.45, 2.75) is 6.54 Å². The van der Waals surface area contributed by atoms with Gasteiger partial charge in [0.1, 0.15) is 17.4 Å². The molecule has 3 N–H and O–H groups in total. The van der Waals surface area contributed by atoms with E-state index >= 15 is 0 Å². The first kappa shape index (κ1) is 24.6. The number of rotatable bonds is 6. The van der Waals surface area contributed by atoms with Crippen LogP contribution in [-0.2, 0) is 11.3 Å². The predicted octanol–water partition coefficient (Wildman–Crippen LogP) is 2.34. The van der Waals surface area contributed by atoms with Crippen LogP contribution in [0.1, 0.15) is 5.56 Å². The van der Waals surface area contributed by atoms with Crippen molar-refractivity contribution in [1.82, 2.24) is 10.2 Å². The fraction of sp³-hybridized carbons (Fsp3) is 0.333. The molecule has 2 aromatic carbocycles. The van der Waals surface area contributed by atoms with Gasteiger partial charge in [0, 0.05) is 45.8 Å². The Kier molecular flexibility index (Phi) is 9.28. The van der Waals surface area contributed by atoms with Crippen molar-refractivity contribution in [3.05, 3.63) is 59.7 Å². The van der Waals surface area contributed by atoms with Crippen molar-refractivity contribution < 1.29 is 18.3 Å². The second-order valence-electron chi connectivity index (χ2n) is 6.87. The number of aliphatic imine (C=N–C) groups is 1. The highest BCUT2D eigenvalue weighted by molar-refractivity contribution is 14.0. The molecule has 0 unspecified atom stereocenters. The molecule has 0 aliphatic carbocycles.